The summed E-state index contributed by atoms with van der Waals surface area (Å²) in [6.45, 7) is 5.04. The molecule has 0 aliphatic heterocycles. The Morgan fingerprint density at radius 2 is 1.76 bits per heavy atom. The van der Waals surface area contributed by atoms with Gasteiger partial charge in [0.05, 0.1) is 17.0 Å². The summed E-state index contributed by atoms with van der Waals surface area (Å²) >= 11 is 0. The second-order valence-corrected chi connectivity index (χ2v) is 8.18. The van der Waals surface area contributed by atoms with E-state index in [4.69, 9.17) is 0 Å². The fourth-order valence-electron chi connectivity index (χ4n) is 2.07. The number of amides is 1. The molecule has 0 atom stereocenters. The van der Waals surface area contributed by atoms with Gasteiger partial charge >= 0.3 is 0 Å². The molecule has 0 aromatic heterocycles. The van der Waals surface area contributed by atoms with E-state index in [0.717, 1.165) is 5.56 Å². The number of aliphatic hydroxyl groups excluding tert-OH is 1. The van der Waals surface area contributed by atoms with E-state index in [-0.39, 0.29) is 17.2 Å². The van der Waals surface area contributed by atoms with Gasteiger partial charge in [-0.2, -0.15) is 0 Å². The van der Waals surface area contributed by atoms with Crippen molar-refractivity contribution < 1.29 is 18.3 Å². The van der Waals surface area contributed by atoms with E-state index in [1.807, 2.05) is 6.92 Å². The molecule has 25 heavy (non-hydrogen) atoms. The lowest BCUT2D eigenvalue weighted by Gasteiger charge is -2.23. The number of hydrogen-bond acceptors (Lipinski definition) is 4. The lowest BCUT2D eigenvalue weighted by atomic mass is 10.1. The van der Waals surface area contributed by atoms with Gasteiger partial charge in [0.15, 0.2) is 0 Å². The van der Waals surface area contributed by atoms with Gasteiger partial charge < -0.3 is 10.4 Å². The lowest BCUT2D eigenvalue weighted by Crippen LogP contribution is -2.46. The minimum atomic E-state index is -3.73. The molecule has 0 heterocycles. The largest absolute Gasteiger partial charge is 0.394 e. The number of carbonyl (C=O) groups is 1. The van der Waals surface area contributed by atoms with Crippen molar-refractivity contribution in [1.82, 2.24) is 5.32 Å². The molecule has 7 heteroatoms. The first-order valence-electron chi connectivity index (χ1n) is 7.76. The average Bonchev–Trinajstić information content (AvgIpc) is 2.54. The highest BCUT2D eigenvalue weighted by Gasteiger charge is 2.20. The monoisotopic (exact) mass is 362 g/mol. The molecular formula is C18H22N2O4S. The van der Waals surface area contributed by atoms with E-state index in [9.17, 15) is 18.3 Å². The molecule has 0 saturated carbocycles. The maximum atomic E-state index is 12.4. The number of aliphatic hydroxyl groups is 1. The molecule has 0 saturated heterocycles. The zero-order valence-corrected chi connectivity index (χ0v) is 15.2. The van der Waals surface area contributed by atoms with Gasteiger partial charge in [-0.1, -0.05) is 23.8 Å². The summed E-state index contributed by atoms with van der Waals surface area (Å²) in [6, 6.07) is 12.7. The van der Waals surface area contributed by atoms with E-state index in [1.165, 1.54) is 18.2 Å². The first kappa shape index (κ1) is 19.0. The molecule has 0 fully saturated rings. The maximum Gasteiger partial charge on any atom is 0.261 e. The zero-order chi connectivity index (χ0) is 18.7. The predicted octanol–water partition coefficient (Wildman–Crippen LogP) is 2.30. The summed E-state index contributed by atoms with van der Waals surface area (Å²) in [5, 5.41) is 11.9. The van der Waals surface area contributed by atoms with Crippen LogP contribution in [0.1, 0.15) is 29.8 Å². The van der Waals surface area contributed by atoms with Crippen molar-refractivity contribution in [3.05, 3.63) is 59.7 Å². The second kappa shape index (κ2) is 7.25. The molecule has 134 valence electrons. The molecule has 0 aliphatic carbocycles. The summed E-state index contributed by atoms with van der Waals surface area (Å²) in [4.78, 5) is 12.4. The number of sulfonamides is 1. The average molecular weight is 362 g/mol. The van der Waals surface area contributed by atoms with Crippen LogP contribution in [0.4, 0.5) is 5.69 Å². The molecule has 2 rings (SSSR count). The Bertz CT molecular complexity index is 859. The Hall–Kier alpha value is -2.38. The van der Waals surface area contributed by atoms with Crippen molar-refractivity contribution in [2.24, 2.45) is 0 Å². The highest BCUT2D eigenvalue weighted by molar-refractivity contribution is 7.92. The van der Waals surface area contributed by atoms with Crippen LogP contribution in [0.15, 0.2) is 53.4 Å². The minimum absolute atomic E-state index is 0.148. The van der Waals surface area contributed by atoms with Crippen molar-refractivity contribution in [2.45, 2.75) is 31.2 Å². The molecule has 0 aliphatic rings. The first-order chi connectivity index (χ1) is 11.6. The third-order valence-electron chi connectivity index (χ3n) is 3.56. The third-order valence-corrected chi connectivity index (χ3v) is 4.95. The molecule has 0 spiro atoms. The van der Waals surface area contributed by atoms with Crippen molar-refractivity contribution in [2.75, 3.05) is 11.3 Å². The van der Waals surface area contributed by atoms with Gasteiger partial charge in [0.25, 0.3) is 15.9 Å². The fourth-order valence-corrected chi connectivity index (χ4v) is 3.12. The summed E-state index contributed by atoms with van der Waals surface area (Å²) in [5.41, 5.74) is 0.777. The number of benzene rings is 2. The van der Waals surface area contributed by atoms with E-state index in [0.29, 0.717) is 5.56 Å². The molecular weight excluding hydrogens is 340 g/mol. The van der Waals surface area contributed by atoms with Crippen LogP contribution < -0.4 is 10.0 Å². The van der Waals surface area contributed by atoms with Crippen LogP contribution in [0.3, 0.4) is 0 Å². The van der Waals surface area contributed by atoms with Gasteiger partial charge in [-0.05, 0) is 51.1 Å². The van der Waals surface area contributed by atoms with Gasteiger partial charge in [-0.15, -0.1) is 0 Å². The number of hydrogen-bond donors (Lipinski definition) is 3. The highest BCUT2D eigenvalue weighted by Crippen LogP contribution is 2.18. The Labute approximate surface area is 147 Å². The predicted molar refractivity (Wildman–Crippen MR) is 97.1 cm³/mol. The fraction of sp³-hybridized carbons (Fsp3) is 0.278. The first-order valence-corrected chi connectivity index (χ1v) is 9.24. The number of carbonyl (C=O) groups excluding carboxylic acids is 1. The Kier molecular flexibility index (Phi) is 5.49. The topological polar surface area (TPSA) is 95.5 Å². The van der Waals surface area contributed by atoms with Crippen LogP contribution in [0.25, 0.3) is 0 Å². The van der Waals surface area contributed by atoms with Crippen LogP contribution in [0, 0.1) is 6.92 Å². The van der Waals surface area contributed by atoms with E-state index >= 15 is 0 Å². The van der Waals surface area contributed by atoms with Gasteiger partial charge in [0.2, 0.25) is 0 Å². The van der Waals surface area contributed by atoms with Crippen molar-refractivity contribution in [1.29, 1.82) is 0 Å². The Morgan fingerprint density at radius 3 is 2.36 bits per heavy atom. The zero-order valence-electron chi connectivity index (χ0n) is 14.4. The van der Waals surface area contributed by atoms with Crippen LogP contribution >= 0.6 is 0 Å². The van der Waals surface area contributed by atoms with Crippen molar-refractivity contribution in [3.8, 4) is 0 Å². The smallest absolute Gasteiger partial charge is 0.261 e. The summed E-state index contributed by atoms with van der Waals surface area (Å²) in [7, 11) is -3.73. The van der Waals surface area contributed by atoms with Gasteiger partial charge in [0, 0.05) is 11.3 Å². The van der Waals surface area contributed by atoms with Gasteiger partial charge in [-0.3, -0.25) is 9.52 Å². The SMILES string of the molecule is Cc1ccc(S(=O)(=O)Nc2cccc(C(=O)NC(C)(C)CO)c2)cc1. The van der Waals surface area contributed by atoms with E-state index in [2.05, 4.69) is 10.0 Å². The molecule has 0 radical (unpaired) electrons. The molecule has 6 nitrogen and oxygen atoms in total. The van der Waals surface area contributed by atoms with Crippen LogP contribution in [0.2, 0.25) is 0 Å². The van der Waals surface area contributed by atoms with Gasteiger partial charge in [0.1, 0.15) is 0 Å². The normalized spacial score (nSPS) is 11.8. The maximum absolute atomic E-state index is 12.4. The van der Waals surface area contributed by atoms with Crippen LogP contribution in [-0.2, 0) is 10.0 Å². The molecule has 1 amide bonds. The van der Waals surface area contributed by atoms with Crippen molar-refractivity contribution >= 4 is 21.6 Å². The Balaban J connectivity index is 2.21. The minimum Gasteiger partial charge on any atom is -0.394 e. The summed E-state index contributed by atoms with van der Waals surface area (Å²) in [6.07, 6.45) is 0. The Morgan fingerprint density at radius 1 is 1.12 bits per heavy atom. The number of aryl methyl sites for hydroxylation is 1. The molecule has 0 unspecified atom stereocenters. The molecule has 2 aromatic carbocycles. The summed E-state index contributed by atoms with van der Waals surface area (Å²) < 4.78 is 27.3. The number of nitrogens with one attached hydrogen (secondary N) is 2. The molecule has 0 bridgehead atoms. The van der Waals surface area contributed by atoms with Crippen LogP contribution in [0.5, 0.6) is 0 Å². The van der Waals surface area contributed by atoms with Crippen molar-refractivity contribution in [3.63, 3.8) is 0 Å². The highest BCUT2D eigenvalue weighted by atomic mass is 32.2. The lowest BCUT2D eigenvalue weighted by molar-refractivity contribution is 0.0869. The molecule has 3 N–H and O–H groups in total. The third kappa shape index (κ3) is 5.04. The van der Waals surface area contributed by atoms with E-state index < -0.39 is 21.5 Å². The molecule has 2 aromatic rings. The standard InChI is InChI=1S/C18H22N2O4S/c1-13-7-9-16(10-8-13)25(23,24)20-15-6-4-5-14(11-15)17(22)19-18(2,3)12-21/h4-11,20-21H,12H2,1-3H3,(H,19,22). The quantitative estimate of drug-likeness (QED) is 0.735. The van der Waals surface area contributed by atoms with Gasteiger partial charge in [-0.25, -0.2) is 8.42 Å². The number of anilines is 1. The van der Waals surface area contributed by atoms with Crippen LogP contribution in [-0.4, -0.2) is 31.6 Å². The second-order valence-electron chi connectivity index (χ2n) is 6.50. The number of rotatable bonds is 6. The summed E-state index contributed by atoms with van der Waals surface area (Å²) in [5.74, 6) is -0.393. The van der Waals surface area contributed by atoms with E-state index in [1.54, 1.807) is 44.2 Å².